The minimum absolute atomic E-state index is 0.0679. The van der Waals surface area contributed by atoms with Crippen molar-refractivity contribution < 1.29 is 29.6 Å². The third-order valence-electron chi connectivity index (χ3n) is 6.69. The predicted molar refractivity (Wildman–Crippen MR) is 137 cm³/mol. The van der Waals surface area contributed by atoms with E-state index in [2.05, 4.69) is 25.6 Å². The van der Waals surface area contributed by atoms with E-state index in [0.717, 1.165) is 25.7 Å². The fraction of sp³-hybridized carbons (Fsp3) is 0.417. The molecule has 0 spiro atoms. The van der Waals surface area contributed by atoms with Crippen LogP contribution in [-0.4, -0.2) is 89.5 Å². The van der Waals surface area contributed by atoms with Crippen molar-refractivity contribution in [2.24, 2.45) is 7.05 Å². The minimum Gasteiger partial charge on any atom is -0.494 e. The van der Waals surface area contributed by atoms with Crippen LogP contribution in [0.25, 0.3) is 11.4 Å². The summed E-state index contributed by atoms with van der Waals surface area (Å²) < 4.78 is 7.18. The van der Waals surface area contributed by atoms with Gasteiger partial charge in [0, 0.05) is 32.2 Å². The van der Waals surface area contributed by atoms with Gasteiger partial charge in [0.05, 0.1) is 24.0 Å². The van der Waals surface area contributed by atoms with Crippen LogP contribution in [0.4, 0.5) is 22.0 Å². The number of carbonyl (C=O) groups excluding carboxylic acids is 2. The molecule has 0 unspecified atom stereocenters. The summed E-state index contributed by atoms with van der Waals surface area (Å²) >= 11 is 0. The molecule has 15 nitrogen and oxygen atoms in total. The highest BCUT2D eigenvalue weighted by molar-refractivity contribution is 6.00. The smallest absolute Gasteiger partial charge is 0.369 e. The molecule has 1 aliphatic heterocycles. The van der Waals surface area contributed by atoms with E-state index in [0.29, 0.717) is 35.9 Å². The number of urea groups is 1. The molecule has 3 heterocycles. The Hall–Kier alpha value is -4.34. The van der Waals surface area contributed by atoms with Crippen LogP contribution < -0.4 is 20.3 Å². The number of para-hydroxylation sites is 1. The molecule has 15 heteroatoms. The molecule has 1 saturated carbocycles. The lowest BCUT2D eigenvalue weighted by atomic mass is 10.1. The molecule has 0 atom stereocenters. The van der Waals surface area contributed by atoms with Gasteiger partial charge in [-0.1, -0.05) is 18.9 Å². The van der Waals surface area contributed by atoms with E-state index >= 15 is 0 Å². The highest BCUT2D eigenvalue weighted by Gasteiger charge is 2.37. The van der Waals surface area contributed by atoms with E-state index < -0.39 is 12.0 Å². The maximum absolute atomic E-state index is 13.2. The Balaban J connectivity index is 1.51. The molecular weight excluding hydrogens is 510 g/mol. The van der Waals surface area contributed by atoms with Gasteiger partial charge in [0.25, 0.3) is 5.91 Å². The van der Waals surface area contributed by atoms with E-state index in [1.807, 2.05) is 4.90 Å². The second-order valence-electron chi connectivity index (χ2n) is 9.37. The van der Waals surface area contributed by atoms with E-state index in [-0.39, 0.29) is 29.3 Å². The van der Waals surface area contributed by atoms with Crippen LogP contribution in [0.1, 0.15) is 36.2 Å². The number of hydrogen-bond acceptors (Lipinski definition) is 11. The number of aliphatic hydroxyl groups is 3. The zero-order valence-electron chi connectivity index (χ0n) is 21.4. The Morgan fingerprint density at radius 3 is 2.56 bits per heavy atom. The summed E-state index contributed by atoms with van der Waals surface area (Å²) in [6, 6.07) is 6.63. The summed E-state index contributed by atoms with van der Waals surface area (Å²) in [5.41, 5.74) is 0.665. The largest absolute Gasteiger partial charge is 0.494 e. The lowest BCUT2D eigenvalue weighted by Crippen LogP contribution is -2.48. The number of hydrogen-bond donors (Lipinski definition) is 5. The molecule has 2 aliphatic rings. The molecule has 0 radical (unpaired) electrons. The van der Waals surface area contributed by atoms with Crippen molar-refractivity contribution in [1.82, 2.24) is 35.2 Å². The average Bonchev–Trinajstić information content (AvgIpc) is 3.64. The summed E-state index contributed by atoms with van der Waals surface area (Å²) in [5.74, 6) is -0.168. The number of amides is 3. The Morgan fingerprint density at radius 2 is 1.90 bits per heavy atom. The highest BCUT2D eigenvalue weighted by Crippen LogP contribution is 2.37. The molecule has 5 N–H and O–H groups in total. The molecule has 39 heavy (non-hydrogen) atoms. The number of methoxy groups -OCH3 is 1. The van der Waals surface area contributed by atoms with Crippen molar-refractivity contribution in [3.63, 3.8) is 0 Å². The van der Waals surface area contributed by atoms with Crippen molar-refractivity contribution in [1.29, 1.82) is 0 Å². The number of nitrogens with one attached hydrogen (secondary N) is 2. The maximum Gasteiger partial charge on any atom is 0.369 e. The molecule has 1 saturated heterocycles. The zero-order chi connectivity index (χ0) is 27.7. The first-order valence-corrected chi connectivity index (χ1v) is 12.4. The van der Waals surface area contributed by atoms with Gasteiger partial charge >= 0.3 is 12.1 Å². The van der Waals surface area contributed by atoms with Gasteiger partial charge in [-0.15, -0.1) is 10.2 Å². The number of nitrogens with zero attached hydrogens (tertiary/aromatic N) is 7. The van der Waals surface area contributed by atoms with Gasteiger partial charge in [-0.05, 0) is 25.0 Å². The van der Waals surface area contributed by atoms with Gasteiger partial charge in [-0.3, -0.25) is 19.7 Å². The predicted octanol–water partition coefficient (Wildman–Crippen LogP) is 0.527. The van der Waals surface area contributed by atoms with Crippen molar-refractivity contribution >= 4 is 29.1 Å². The van der Waals surface area contributed by atoms with Gasteiger partial charge in [-0.2, -0.15) is 5.10 Å². The number of aromatic nitrogens is 5. The van der Waals surface area contributed by atoms with Crippen LogP contribution in [0.2, 0.25) is 0 Å². The number of aryl methyl sites for hydroxylation is 1. The van der Waals surface area contributed by atoms with Gasteiger partial charge in [-0.25, -0.2) is 9.78 Å². The third-order valence-corrected chi connectivity index (χ3v) is 6.69. The van der Waals surface area contributed by atoms with E-state index in [4.69, 9.17) is 4.74 Å². The molecule has 206 valence electrons. The van der Waals surface area contributed by atoms with Crippen LogP contribution >= 0.6 is 0 Å². The average molecular weight is 540 g/mol. The summed E-state index contributed by atoms with van der Waals surface area (Å²) in [6.07, 6.45) is 2.16. The molecule has 2 fully saturated rings. The van der Waals surface area contributed by atoms with Crippen LogP contribution in [0.15, 0.2) is 30.6 Å². The molecule has 0 bridgehead atoms. The normalized spacial score (nSPS) is 16.2. The highest BCUT2D eigenvalue weighted by atomic mass is 16.7. The Morgan fingerprint density at radius 1 is 1.13 bits per heavy atom. The maximum atomic E-state index is 13.2. The van der Waals surface area contributed by atoms with E-state index in [1.165, 1.54) is 18.1 Å². The molecule has 3 amide bonds. The first-order chi connectivity index (χ1) is 18.6. The number of rotatable bonds is 8. The second-order valence-corrected chi connectivity index (χ2v) is 9.37. The monoisotopic (exact) mass is 539 g/mol. The van der Waals surface area contributed by atoms with E-state index in [9.17, 15) is 24.9 Å². The lowest BCUT2D eigenvalue weighted by Gasteiger charge is -2.24. The number of anilines is 3. The first kappa shape index (κ1) is 26.3. The number of ether oxygens (including phenoxy) is 1. The van der Waals surface area contributed by atoms with E-state index in [1.54, 1.807) is 41.6 Å². The van der Waals surface area contributed by atoms with Gasteiger partial charge < -0.3 is 30.3 Å². The Kier molecular flexibility index (Phi) is 7.03. The quantitative estimate of drug-likeness (QED) is 0.251. The topological polar surface area (TPSA) is 191 Å². The molecule has 1 aliphatic carbocycles. The SMILES string of the molecule is COc1c(Nc2cc(N3CCN(C4CCCC4)C3=O)nnc2C(=O)NC(O)(O)O)cccc1-c1ncn(C)n1. The van der Waals surface area contributed by atoms with Crippen LogP contribution in [0.5, 0.6) is 5.75 Å². The molecule has 5 rings (SSSR count). The van der Waals surface area contributed by atoms with Gasteiger partial charge in [0.1, 0.15) is 6.33 Å². The Labute approximate surface area is 223 Å². The molecular formula is C24H29N9O6. The fourth-order valence-electron chi connectivity index (χ4n) is 4.95. The summed E-state index contributed by atoms with van der Waals surface area (Å²) in [7, 11) is 3.20. The first-order valence-electron chi connectivity index (χ1n) is 12.4. The number of carbonyl (C=O) groups is 2. The van der Waals surface area contributed by atoms with Crippen molar-refractivity contribution in [3.05, 3.63) is 36.3 Å². The summed E-state index contributed by atoms with van der Waals surface area (Å²) in [4.78, 5) is 33.6. The minimum atomic E-state index is -3.48. The van der Waals surface area contributed by atoms with Crippen molar-refractivity contribution in [2.75, 3.05) is 30.4 Å². The van der Waals surface area contributed by atoms with Crippen LogP contribution in [-0.2, 0) is 7.05 Å². The Bertz CT molecular complexity index is 1380. The fourth-order valence-corrected chi connectivity index (χ4v) is 4.95. The number of benzene rings is 1. The summed E-state index contributed by atoms with van der Waals surface area (Å²) in [5, 5.41) is 44.9. The molecule has 3 aromatic rings. The third kappa shape index (κ3) is 5.45. The second kappa shape index (κ2) is 10.4. The van der Waals surface area contributed by atoms with Gasteiger partial charge in [0.15, 0.2) is 23.1 Å². The van der Waals surface area contributed by atoms with Gasteiger partial charge in [0.2, 0.25) is 0 Å². The van der Waals surface area contributed by atoms with Crippen LogP contribution in [0.3, 0.4) is 0 Å². The van der Waals surface area contributed by atoms with Crippen molar-refractivity contribution in [3.8, 4) is 17.1 Å². The van der Waals surface area contributed by atoms with Crippen molar-refractivity contribution in [2.45, 2.75) is 37.8 Å². The summed E-state index contributed by atoms with van der Waals surface area (Å²) in [6.45, 7) is 0.942. The molecule has 2 aromatic heterocycles. The standard InChI is InChI=1S/C24H29N9O6/c1-31-13-25-21(30-31)15-8-5-9-16(20(15)39-2)26-17-12-18(28-29-19(17)22(34)27-24(36,37)38)33-11-10-32(23(33)35)14-6-3-4-7-14/h5,8-9,12-14,36-38H,3-4,6-7,10-11H2,1-2H3,(H,26,28)(H,27,34). The lowest BCUT2D eigenvalue weighted by molar-refractivity contribution is -0.323. The molecule has 1 aromatic carbocycles. The van der Waals surface area contributed by atoms with Crippen LogP contribution in [0, 0.1) is 0 Å². The zero-order valence-corrected chi connectivity index (χ0v) is 21.4.